The van der Waals surface area contributed by atoms with Crippen LogP contribution in [0.2, 0.25) is 0 Å². The number of nitrogens with zero attached hydrogens (tertiary/aromatic N) is 1. The van der Waals surface area contributed by atoms with Crippen molar-refractivity contribution in [2.24, 2.45) is 0 Å². The Morgan fingerprint density at radius 3 is 2.45 bits per heavy atom. The molecule has 2 aromatic rings. The minimum absolute atomic E-state index is 0.486. The predicted molar refractivity (Wildman–Crippen MR) is 75.1 cm³/mol. The fraction of sp³-hybridized carbons (Fsp3) is 0.357. The molecule has 2 rings (SSSR count). The van der Waals surface area contributed by atoms with Gasteiger partial charge < -0.3 is 5.32 Å². The normalized spacial score (nSPS) is 11.7. The number of benzene rings is 1. The smallest absolute Gasteiger partial charge is 0.380 e. The molecule has 0 aliphatic heterocycles. The molecule has 1 aromatic heterocycles. The minimum atomic E-state index is -4.32. The third-order valence-corrected chi connectivity index (χ3v) is 4.08. The highest BCUT2D eigenvalue weighted by atomic mass is 32.1. The average molecular weight is 300 g/mol. The van der Waals surface area contributed by atoms with Gasteiger partial charge in [-0.3, -0.25) is 0 Å². The van der Waals surface area contributed by atoms with Crippen molar-refractivity contribution in [3.63, 3.8) is 0 Å². The zero-order chi connectivity index (χ0) is 14.9. The van der Waals surface area contributed by atoms with Crippen molar-refractivity contribution in [3.8, 4) is 0 Å². The molecule has 0 radical (unpaired) electrons. The minimum Gasteiger partial charge on any atom is -0.380 e. The largest absolute Gasteiger partial charge is 0.416 e. The number of aromatic nitrogens is 1. The maximum Gasteiger partial charge on any atom is 0.416 e. The van der Waals surface area contributed by atoms with Crippen LogP contribution in [0.3, 0.4) is 0 Å². The van der Waals surface area contributed by atoms with E-state index < -0.39 is 11.7 Å². The zero-order valence-corrected chi connectivity index (χ0v) is 12.2. The molecule has 0 amide bonds. The molecule has 0 bridgehead atoms. The van der Waals surface area contributed by atoms with Crippen LogP contribution in [0.25, 0.3) is 0 Å². The fourth-order valence-electron chi connectivity index (χ4n) is 1.90. The summed E-state index contributed by atoms with van der Waals surface area (Å²) in [5.41, 5.74) is 1.58. The topological polar surface area (TPSA) is 24.9 Å². The molecule has 0 aliphatic rings. The highest BCUT2D eigenvalue weighted by Crippen LogP contribution is 2.32. The Morgan fingerprint density at radius 1 is 1.20 bits per heavy atom. The first-order valence-electron chi connectivity index (χ1n) is 6.12. The van der Waals surface area contributed by atoms with Gasteiger partial charge in [0.15, 0.2) is 0 Å². The van der Waals surface area contributed by atoms with Gasteiger partial charge in [0.2, 0.25) is 0 Å². The molecule has 20 heavy (non-hydrogen) atoms. The summed E-state index contributed by atoms with van der Waals surface area (Å²) in [6.07, 6.45) is -4.32. The van der Waals surface area contributed by atoms with Gasteiger partial charge in [-0.25, -0.2) is 4.98 Å². The second kappa shape index (κ2) is 5.44. The van der Waals surface area contributed by atoms with Gasteiger partial charge in [-0.1, -0.05) is 6.07 Å². The van der Waals surface area contributed by atoms with Crippen LogP contribution in [0.1, 0.15) is 26.7 Å². The lowest BCUT2D eigenvalue weighted by Crippen LogP contribution is -2.07. The Bertz CT molecular complexity index is 617. The quantitative estimate of drug-likeness (QED) is 0.888. The van der Waals surface area contributed by atoms with Crippen LogP contribution in [0.15, 0.2) is 18.2 Å². The lowest BCUT2D eigenvalue weighted by molar-refractivity contribution is -0.137. The summed E-state index contributed by atoms with van der Waals surface area (Å²) < 4.78 is 38.1. The van der Waals surface area contributed by atoms with Gasteiger partial charge in [-0.05, 0) is 38.5 Å². The lowest BCUT2D eigenvalue weighted by atomic mass is 10.1. The van der Waals surface area contributed by atoms with E-state index in [1.807, 2.05) is 13.8 Å². The highest BCUT2D eigenvalue weighted by molar-refractivity contribution is 7.11. The van der Waals surface area contributed by atoms with Crippen LogP contribution in [-0.2, 0) is 12.7 Å². The second-order valence-electron chi connectivity index (χ2n) is 4.62. The van der Waals surface area contributed by atoms with Gasteiger partial charge in [0.1, 0.15) is 0 Å². The summed E-state index contributed by atoms with van der Waals surface area (Å²) in [7, 11) is 0. The summed E-state index contributed by atoms with van der Waals surface area (Å²) in [6.45, 7) is 6.09. The lowest BCUT2D eigenvalue weighted by Gasteiger charge is -2.13. The number of aryl methyl sites for hydroxylation is 3. The van der Waals surface area contributed by atoms with Crippen LogP contribution in [0.4, 0.5) is 18.9 Å². The van der Waals surface area contributed by atoms with Crippen molar-refractivity contribution < 1.29 is 13.2 Å². The first-order chi connectivity index (χ1) is 9.27. The van der Waals surface area contributed by atoms with E-state index >= 15 is 0 Å². The molecule has 2 nitrogen and oxygen atoms in total. The van der Waals surface area contributed by atoms with E-state index in [0.717, 1.165) is 33.3 Å². The van der Waals surface area contributed by atoms with Gasteiger partial charge >= 0.3 is 6.18 Å². The Labute approximate surface area is 119 Å². The van der Waals surface area contributed by atoms with E-state index in [4.69, 9.17) is 0 Å². The van der Waals surface area contributed by atoms with E-state index in [2.05, 4.69) is 10.3 Å². The number of halogens is 3. The van der Waals surface area contributed by atoms with E-state index in [1.54, 1.807) is 18.3 Å². The molecule has 0 saturated carbocycles. The number of anilines is 1. The fourth-order valence-corrected chi connectivity index (χ4v) is 2.78. The van der Waals surface area contributed by atoms with Crippen molar-refractivity contribution in [2.45, 2.75) is 33.5 Å². The Hall–Kier alpha value is -1.56. The molecule has 0 atom stereocenters. The summed E-state index contributed by atoms with van der Waals surface area (Å²) >= 11 is 1.55. The molecule has 0 aliphatic carbocycles. The molecule has 1 N–H and O–H groups in total. The van der Waals surface area contributed by atoms with Crippen LogP contribution in [0.5, 0.6) is 0 Å². The molecule has 108 valence electrons. The van der Waals surface area contributed by atoms with Gasteiger partial charge in [-0.2, -0.15) is 13.2 Å². The number of nitrogens with one attached hydrogen (secondary N) is 1. The average Bonchev–Trinajstić information content (AvgIpc) is 2.65. The van der Waals surface area contributed by atoms with Crippen molar-refractivity contribution >= 4 is 17.0 Å². The van der Waals surface area contributed by atoms with E-state index in [1.165, 1.54) is 6.07 Å². The standard InChI is InChI=1S/C14H15F3N2S/c1-8-4-5-11(14(15,16)17)6-12(8)18-7-13-9(2)19-10(3)20-13/h4-6,18H,7H2,1-3H3. The third kappa shape index (κ3) is 3.30. The molecular formula is C14H15F3N2S. The van der Waals surface area contributed by atoms with Gasteiger partial charge in [-0.15, -0.1) is 11.3 Å². The molecule has 1 aromatic carbocycles. The summed E-state index contributed by atoms with van der Waals surface area (Å²) in [5, 5.41) is 4.02. The first-order valence-corrected chi connectivity index (χ1v) is 6.93. The van der Waals surface area contributed by atoms with Crippen molar-refractivity contribution in [1.29, 1.82) is 0 Å². The Balaban J connectivity index is 2.19. The van der Waals surface area contributed by atoms with E-state index in [9.17, 15) is 13.2 Å². The monoisotopic (exact) mass is 300 g/mol. The molecular weight excluding hydrogens is 285 g/mol. The van der Waals surface area contributed by atoms with Crippen LogP contribution < -0.4 is 5.32 Å². The summed E-state index contributed by atoms with van der Waals surface area (Å²) in [6, 6.07) is 3.73. The number of rotatable bonds is 3. The first kappa shape index (κ1) is 14.8. The molecule has 0 spiro atoms. The third-order valence-electron chi connectivity index (χ3n) is 3.00. The molecule has 1 heterocycles. The summed E-state index contributed by atoms with van der Waals surface area (Å²) in [4.78, 5) is 5.34. The number of alkyl halides is 3. The highest BCUT2D eigenvalue weighted by Gasteiger charge is 2.30. The van der Waals surface area contributed by atoms with Crippen LogP contribution in [0, 0.1) is 20.8 Å². The molecule has 6 heteroatoms. The van der Waals surface area contributed by atoms with Gasteiger partial charge in [0.25, 0.3) is 0 Å². The Morgan fingerprint density at radius 2 is 1.90 bits per heavy atom. The molecule has 0 unspecified atom stereocenters. The maximum atomic E-state index is 12.7. The van der Waals surface area contributed by atoms with E-state index in [-0.39, 0.29) is 0 Å². The molecule has 0 fully saturated rings. The van der Waals surface area contributed by atoms with Gasteiger partial charge in [0.05, 0.1) is 22.8 Å². The van der Waals surface area contributed by atoms with Crippen molar-refractivity contribution in [1.82, 2.24) is 4.98 Å². The van der Waals surface area contributed by atoms with Crippen molar-refractivity contribution in [3.05, 3.63) is 44.9 Å². The Kier molecular flexibility index (Phi) is 4.04. The van der Waals surface area contributed by atoms with Crippen LogP contribution in [-0.4, -0.2) is 4.98 Å². The number of hydrogen-bond acceptors (Lipinski definition) is 3. The van der Waals surface area contributed by atoms with E-state index in [0.29, 0.717) is 12.2 Å². The number of hydrogen-bond donors (Lipinski definition) is 1. The summed E-state index contributed by atoms with van der Waals surface area (Å²) in [5.74, 6) is 0. The predicted octanol–water partition coefficient (Wildman–Crippen LogP) is 4.70. The SMILES string of the molecule is Cc1nc(C)c(CNc2cc(C(F)(F)F)ccc2C)s1. The zero-order valence-electron chi connectivity index (χ0n) is 11.4. The maximum absolute atomic E-state index is 12.7. The van der Waals surface area contributed by atoms with Crippen LogP contribution >= 0.6 is 11.3 Å². The van der Waals surface area contributed by atoms with Crippen molar-refractivity contribution in [2.75, 3.05) is 5.32 Å². The number of thiazole rings is 1. The molecule has 0 saturated heterocycles. The van der Waals surface area contributed by atoms with Gasteiger partial charge in [0, 0.05) is 10.6 Å². The second-order valence-corrected chi connectivity index (χ2v) is 5.91.